The number of carbonyl (C=O) groups excluding carboxylic acids is 4. The molecule has 2 fully saturated rings. The van der Waals surface area contributed by atoms with Crippen LogP contribution in [0.5, 0.6) is 5.75 Å². The molecule has 33 heavy (non-hydrogen) atoms. The number of nitrogens with one attached hydrogen (secondary N) is 1. The summed E-state index contributed by atoms with van der Waals surface area (Å²) in [6.45, 7) is -0.485. The molecule has 8 nitrogen and oxygen atoms in total. The molecule has 1 saturated heterocycles. The summed E-state index contributed by atoms with van der Waals surface area (Å²) in [5, 5.41) is 2.63. The van der Waals surface area contributed by atoms with Gasteiger partial charge in [0.05, 0.1) is 30.2 Å². The van der Waals surface area contributed by atoms with E-state index in [4.69, 9.17) is 9.47 Å². The summed E-state index contributed by atoms with van der Waals surface area (Å²) in [6.07, 6.45) is 4.92. The quantitative estimate of drug-likeness (QED) is 0.416. The Kier molecular flexibility index (Phi) is 5.20. The lowest BCUT2D eigenvalue weighted by molar-refractivity contribution is -0.123. The van der Waals surface area contributed by atoms with Gasteiger partial charge in [-0.1, -0.05) is 24.3 Å². The van der Waals surface area contributed by atoms with Gasteiger partial charge in [0, 0.05) is 11.8 Å². The second kappa shape index (κ2) is 8.20. The number of nitrogens with zero attached hydrogens (tertiary/aromatic N) is 1. The second-order valence-electron chi connectivity index (χ2n) is 8.42. The van der Waals surface area contributed by atoms with Crippen LogP contribution in [0, 0.1) is 23.7 Å². The highest BCUT2D eigenvalue weighted by molar-refractivity contribution is 6.23. The Morgan fingerprint density at radius 1 is 1.00 bits per heavy atom. The normalized spacial score (nSPS) is 24.7. The number of esters is 1. The van der Waals surface area contributed by atoms with Crippen LogP contribution in [0.15, 0.2) is 60.7 Å². The van der Waals surface area contributed by atoms with Gasteiger partial charge in [-0.15, -0.1) is 0 Å². The number of amides is 3. The lowest BCUT2D eigenvalue weighted by Crippen LogP contribution is -2.33. The molecule has 2 bridgehead atoms. The van der Waals surface area contributed by atoms with Crippen LogP contribution in [0.25, 0.3) is 0 Å². The van der Waals surface area contributed by atoms with Crippen molar-refractivity contribution < 1.29 is 28.7 Å². The smallest absolute Gasteiger partial charge is 0.338 e. The molecule has 2 aromatic carbocycles. The van der Waals surface area contributed by atoms with E-state index >= 15 is 0 Å². The third-order valence-corrected chi connectivity index (χ3v) is 6.50. The minimum atomic E-state index is -0.723. The van der Waals surface area contributed by atoms with Gasteiger partial charge in [-0.3, -0.25) is 14.4 Å². The first-order chi connectivity index (χ1) is 16.0. The number of benzene rings is 2. The first-order valence-corrected chi connectivity index (χ1v) is 10.7. The highest BCUT2D eigenvalue weighted by Gasteiger charge is 2.59. The van der Waals surface area contributed by atoms with E-state index in [0.717, 1.165) is 6.42 Å². The SMILES string of the molecule is COc1cccc(NC(=O)COC(=O)c2cccc(N3C(=O)[C@@H]4[C@@H](C3=O)[C@H]3C=C[C@H]4C3)c2)c1. The monoisotopic (exact) mass is 446 g/mol. The summed E-state index contributed by atoms with van der Waals surface area (Å²) >= 11 is 0. The summed E-state index contributed by atoms with van der Waals surface area (Å²) in [6, 6.07) is 13.0. The number of methoxy groups -OCH3 is 1. The average Bonchev–Trinajstić information content (AvgIpc) is 3.51. The van der Waals surface area contributed by atoms with Crippen molar-refractivity contribution in [1.29, 1.82) is 0 Å². The molecular weight excluding hydrogens is 424 g/mol. The Bertz CT molecular complexity index is 1160. The third-order valence-electron chi connectivity index (χ3n) is 6.50. The van der Waals surface area contributed by atoms with Crippen LogP contribution in [-0.4, -0.2) is 37.4 Å². The predicted octanol–water partition coefficient (Wildman–Crippen LogP) is 2.80. The number of hydrogen-bond donors (Lipinski definition) is 1. The van der Waals surface area contributed by atoms with Gasteiger partial charge in [0.25, 0.3) is 5.91 Å². The lowest BCUT2D eigenvalue weighted by atomic mass is 9.85. The molecule has 3 aliphatic rings. The number of fused-ring (bicyclic) bond motifs is 5. The molecule has 3 amide bonds. The van der Waals surface area contributed by atoms with Gasteiger partial charge >= 0.3 is 5.97 Å². The van der Waals surface area contributed by atoms with Crippen LogP contribution < -0.4 is 15.0 Å². The average molecular weight is 446 g/mol. The number of ether oxygens (including phenoxy) is 2. The molecular formula is C25H22N2O6. The Morgan fingerprint density at radius 2 is 1.70 bits per heavy atom. The highest BCUT2D eigenvalue weighted by Crippen LogP contribution is 2.53. The molecule has 0 radical (unpaired) electrons. The maximum Gasteiger partial charge on any atom is 0.338 e. The van der Waals surface area contributed by atoms with Gasteiger partial charge in [0.1, 0.15) is 5.75 Å². The highest BCUT2D eigenvalue weighted by atomic mass is 16.5. The van der Waals surface area contributed by atoms with Crippen LogP contribution >= 0.6 is 0 Å². The zero-order chi connectivity index (χ0) is 23.1. The van der Waals surface area contributed by atoms with Crippen LogP contribution in [0.3, 0.4) is 0 Å². The van der Waals surface area contributed by atoms with Crippen molar-refractivity contribution in [3.63, 3.8) is 0 Å². The number of hydrogen-bond acceptors (Lipinski definition) is 6. The maximum atomic E-state index is 13.0. The summed E-state index contributed by atoms with van der Waals surface area (Å²) in [4.78, 5) is 51.9. The molecule has 0 aromatic heterocycles. The minimum absolute atomic E-state index is 0.109. The number of carbonyl (C=O) groups is 4. The number of anilines is 2. The fourth-order valence-electron chi connectivity index (χ4n) is 5.04. The van der Waals surface area contributed by atoms with E-state index in [2.05, 4.69) is 5.32 Å². The van der Waals surface area contributed by atoms with Crippen LogP contribution in [0.1, 0.15) is 16.8 Å². The van der Waals surface area contributed by atoms with E-state index in [-0.39, 0.29) is 41.0 Å². The van der Waals surface area contributed by atoms with Crippen LogP contribution in [-0.2, 0) is 19.1 Å². The summed E-state index contributed by atoms with van der Waals surface area (Å²) in [7, 11) is 1.52. The predicted molar refractivity (Wildman–Crippen MR) is 119 cm³/mol. The van der Waals surface area contributed by atoms with Gasteiger partial charge < -0.3 is 14.8 Å². The van der Waals surface area contributed by atoms with Crippen LogP contribution in [0.2, 0.25) is 0 Å². The molecule has 0 spiro atoms. The zero-order valence-electron chi connectivity index (χ0n) is 17.9. The fraction of sp³-hybridized carbons (Fsp3) is 0.280. The fourth-order valence-corrected chi connectivity index (χ4v) is 5.04. The molecule has 1 aliphatic heterocycles. The molecule has 2 aromatic rings. The first-order valence-electron chi connectivity index (χ1n) is 10.7. The Labute approximate surface area is 190 Å². The second-order valence-corrected chi connectivity index (χ2v) is 8.42. The van der Waals surface area contributed by atoms with Crippen LogP contribution in [0.4, 0.5) is 11.4 Å². The van der Waals surface area contributed by atoms with Gasteiger partial charge in [0.15, 0.2) is 6.61 Å². The van der Waals surface area contributed by atoms with Gasteiger partial charge in [-0.05, 0) is 48.6 Å². The van der Waals surface area contributed by atoms with E-state index in [9.17, 15) is 19.2 Å². The van der Waals surface area contributed by atoms with Crippen molar-refractivity contribution in [2.75, 3.05) is 23.9 Å². The van der Waals surface area contributed by atoms with Crippen molar-refractivity contribution in [2.45, 2.75) is 6.42 Å². The molecule has 0 unspecified atom stereocenters. The molecule has 4 atom stereocenters. The summed E-state index contributed by atoms with van der Waals surface area (Å²) in [5.74, 6) is -1.50. The topological polar surface area (TPSA) is 102 Å². The van der Waals surface area contributed by atoms with Crippen molar-refractivity contribution in [3.05, 3.63) is 66.2 Å². The van der Waals surface area contributed by atoms with E-state index in [1.807, 2.05) is 12.2 Å². The van der Waals surface area contributed by atoms with E-state index in [1.54, 1.807) is 36.4 Å². The molecule has 1 saturated carbocycles. The largest absolute Gasteiger partial charge is 0.497 e. The van der Waals surface area contributed by atoms with Crippen molar-refractivity contribution in [1.82, 2.24) is 0 Å². The summed E-state index contributed by atoms with van der Waals surface area (Å²) in [5.41, 5.74) is 1.01. The van der Waals surface area contributed by atoms with Gasteiger partial charge in [-0.25, -0.2) is 9.69 Å². The standard InChI is InChI=1S/C25H22N2O6/c1-32-19-7-3-5-17(12-19)26-20(28)13-33-25(31)16-4-2-6-18(11-16)27-23(29)21-14-8-9-15(10-14)22(21)24(27)30/h2-9,11-12,14-15,21-22H,10,13H2,1H3,(H,26,28)/t14-,15-,21-,22-/m0/s1. The maximum absolute atomic E-state index is 13.0. The molecule has 1 N–H and O–H groups in total. The van der Waals surface area contributed by atoms with Gasteiger partial charge in [-0.2, -0.15) is 0 Å². The number of imide groups is 1. The summed E-state index contributed by atoms with van der Waals surface area (Å²) < 4.78 is 10.2. The molecule has 168 valence electrons. The van der Waals surface area contributed by atoms with E-state index < -0.39 is 18.5 Å². The molecule has 5 rings (SSSR count). The Balaban J connectivity index is 1.24. The Morgan fingerprint density at radius 3 is 2.39 bits per heavy atom. The van der Waals surface area contributed by atoms with Crippen molar-refractivity contribution >= 4 is 35.1 Å². The van der Waals surface area contributed by atoms with E-state index in [0.29, 0.717) is 17.1 Å². The minimum Gasteiger partial charge on any atom is -0.497 e. The first kappa shape index (κ1) is 20.9. The number of allylic oxidation sites excluding steroid dienone is 2. The van der Waals surface area contributed by atoms with E-state index in [1.165, 1.54) is 24.1 Å². The Hall–Kier alpha value is -3.94. The zero-order valence-corrected chi connectivity index (χ0v) is 17.9. The van der Waals surface area contributed by atoms with Crippen molar-refractivity contribution in [3.8, 4) is 5.75 Å². The van der Waals surface area contributed by atoms with Crippen molar-refractivity contribution in [2.24, 2.45) is 23.7 Å². The lowest BCUT2D eigenvalue weighted by Gasteiger charge is -2.18. The molecule has 2 aliphatic carbocycles. The third kappa shape index (κ3) is 3.67. The number of rotatable bonds is 6. The van der Waals surface area contributed by atoms with Gasteiger partial charge in [0.2, 0.25) is 11.8 Å². The molecule has 8 heteroatoms. The molecule has 1 heterocycles.